The van der Waals surface area contributed by atoms with Gasteiger partial charge in [-0.3, -0.25) is 9.98 Å². The Kier molecular flexibility index (Phi) is 8.31. The smallest absolute Gasteiger partial charge is 0.101 e. The zero-order valence-corrected chi connectivity index (χ0v) is 24.9. The summed E-state index contributed by atoms with van der Waals surface area (Å²) in [5.74, 6) is 0. The Morgan fingerprint density at radius 1 is 0.455 bits per heavy atom. The van der Waals surface area contributed by atoms with Gasteiger partial charge in [0.1, 0.15) is 6.04 Å². The zero-order chi connectivity index (χ0) is 29.6. The van der Waals surface area contributed by atoms with Crippen molar-refractivity contribution in [1.29, 1.82) is 0 Å². The second-order valence-electron chi connectivity index (χ2n) is 11.9. The number of aliphatic imine (C=N–C) groups is 2. The van der Waals surface area contributed by atoms with E-state index in [0.717, 1.165) is 25.9 Å². The molecule has 0 amide bonds. The van der Waals surface area contributed by atoms with Gasteiger partial charge >= 0.3 is 0 Å². The summed E-state index contributed by atoms with van der Waals surface area (Å²) in [6, 6.07) is 52.8. The van der Waals surface area contributed by atoms with Crippen LogP contribution in [0, 0.1) is 0 Å². The van der Waals surface area contributed by atoms with Crippen molar-refractivity contribution >= 4 is 12.7 Å². The monoisotopic (exact) mass is 574 g/mol. The van der Waals surface area contributed by atoms with Crippen molar-refractivity contribution in [3.8, 4) is 0 Å². The number of benzene rings is 5. The van der Waals surface area contributed by atoms with Crippen LogP contribution >= 0.6 is 0 Å². The molecule has 0 fully saturated rings. The summed E-state index contributed by atoms with van der Waals surface area (Å²) >= 11 is 0. The van der Waals surface area contributed by atoms with Gasteiger partial charge in [-0.2, -0.15) is 0 Å². The summed E-state index contributed by atoms with van der Waals surface area (Å²) in [6.45, 7) is 1.62. The van der Waals surface area contributed by atoms with E-state index in [1.165, 1.54) is 33.4 Å². The first-order valence-electron chi connectivity index (χ1n) is 15.7. The molecule has 2 aliphatic rings. The minimum Gasteiger partial charge on any atom is -0.349 e. The van der Waals surface area contributed by atoms with Crippen LogP contribution in [-0.4, -0.2) is 28.5 Å². The van der Waals surface area contributed by atoms with E-state index in [-0.39, 0.29) is 24.2 Å². The third-order valence-electron chi connectivity index (χ3n) is 8.88. The maximum Gasteiger partial charge on any atom is 0.101 e. The fraction of sp³-hybridized carbons (Fsp3) is 0.200. The summed E-state index contributed by atoms with van der Waals surface area (Å²) in [4.78, 5) is 14.9. The predicted molar refractivity (Wildman–Crippen MR) is 181 cm³/mol. The molecule has 0 radical (unpaired) electrons. The minimum atomic E-state index is 0.0713. The molecule has 4 nitrogen and oxygen atoms in total. The van der Waals surface area contributed by atoms with Crippen molar-refractivity contribution in [3.63, 3.8) is 0 Å². The van der Waals surface area contributed by atoms with Crippen molar-refractivity contribution < 1.29 is 0 Å². The van der Waals surface area contributed by atoms with Crippen molar-refractivity contribution in [2.45, 2.75) is 50.1 Å². The quantitative estimate of drug-likeness (QED) is 0.167. The lowest BCUT2D eigenvalue weighted by atomic mass is 9.93. The Balaban J connectivity index is 1.09. The fourth-order valence-corrected chi connectivity index (χ4v) is 6.76. The minimum absolute atomic E-state index is 0.0713. The molecular formula is C40H38N4. The van der Waals surface area contributed by atoms with Crippen LogP contribution < -0.4 is 0 Å². The molecule has 0 bridgehead atoms. The van der Waals surface area contributed by atoms with Gasteiger partial charge in [0.2, 0.25) is 0 Å². The van der Waals surface area contributed by atoms with Gasteiger partial charge in [0, 0.05) is 13.1 Å². The molecule has 0 saturated carbocycles. The van der Waals surface area contributed by atoms with E-state index in [1.807, 2.05) is 0 Å². The van der Waals surface area contributed by atoms with Crippen LogP contribution in [0.1, 0.15) is 57.9 Å². The van der Waals surface area contributed by atoms with Crippen LogP contribution in [0.5, 0.6) is 0 Å². The molecular weight excluding hydrogens is 536 g/mol. The molecule has 0 N–H and O–H groups in total. The van der Waals surface area contributed by atoms with E-state index in [1.54, 1.807) is 0 Å². The van der Waals surface area contributed by atoms with E-state index >= 15 is 0 Å². The summed E-state index contributed by atoms with van der Waals surface area (Å²) in [6.07, 6.45) is 6.19. The van der Waals surface area contributed by atoms with Crippen molar-refractivity contribution in [1.82, 2.24) is 9.80 Å². The topological polar surface area (TPSA) is 31.2 Å². The second-order valence-corrected chi connectivity index (χ2v) is 11.9. The van der Waals surface area contributed by atoms with E-state index in [9.17, 15) is 0 Å². The number of hydrogen-bond donors (Lipinski definition) is 0. The van der Waals surface area contributed by atoms with Gasteiger partial charge in [-0.05, 0) is 46.2 Å². The van der Waals surface area contributed by atoms with Gasteiger partial charge in [0.25, 0.3) is 0 Å². The van der Waals surface area contributed by atoms with E-state index < -0.39 is 0 Å². The van der Waals surface area contributed by atoms with E-state index in [4.69, 9.17) is 9.98 Å². The van der Waals surface area contributed by atoms with Gasteiger partial charge in [-0.25, -0.2) is 0 Å². The van der Waals surface area contributed by atoms with Crippen LogP contribution in [0.2, 0.25) is 0 Å². The largest absolute Gasteiger partial charge is 0.349 e. The lowest BCUT2D eigenvalue weighted by Gasteiger charge is -2.30. The van der Waals surface area contributed by atoms with Crippen LogP contribution in [0.25, 0.3) is 0 Å². The Morgan fingerprint density at radius 3 is 1.55 bits per heavy atom. The van der Waals surface area contributed by atoms with Gasteiger partial charge < -0.3 is 9.80 Å². The van der Waals surface area contributed by atoms with Crippen molar-refractivity contribution in [2.75, 3.05) is 0 Å². The number of aryl methyl sites for hydroxylation is 1. The van der Waals surface area contributed by atoms with Crippen LogP contribution in [-0.2, 0) is 19.5 Å². The summed E-state index contributed by atoms with van der Waals surface area (Å²) in [7, 11) is 0. The number of rotatable bonds is 10. The lowest BCUT2D eigenvalue weighted by molar-refractivity contribution is 0.299. The van der Waals surface area contributed by atoms with Gasteiger partial charge in [0.05, 0.1) is 30.8 Å². The molecule has 2 aliphatic heterocycles. The van der Waals surface area contributed by atoms with Gasteiger partial charge in [-0.15, -0.1) is 0 Å². The third kappa shape index (κ3) is 6.21. The lowest BCUT2D eigenvalue weighted by Crippen LogP contribution is -2.29. The Bertz CT molecular complexity index is 1690. The number of hydrogen-bond acceptors (Lipinski definition) is 4. The molecule has 4 heteroatoms. The zero-order valence-electron chi connectivity index (χ0n) is 24.9. The normalized spacial score (nSPS) is 20.8. The first kappa shape index (κ1) is 27.8. The van der Waals surface area contributed by atoms with Crippen LogP contribution in [0.3, 0.4) is 0 Å². The number of nitrogens with zero attached hydrogens (tertiary/aromatic N) is 4. The van der Waals surface area contributed by atoms with Gasteiger partial charge in [-0.1, -0.05) is 146 Å². The summed E-state index contributed by atoms with van der Waals surface area (Å²) in [5, 5.41) is 0. The Morgan fingerprint density at radius 2 is 0.932 bits per heavy atom. The molecule has 0 aromatic heterocycles. The maximum absolute atomic E-state index is 5.05. The molecule has 7 rings (SSSR count). The van der Waals surface area contributed by atoms with Crippen molar-refractivity contribution in [3.05, 3.63) is 179 Å². The summed E-state index contributed by atoms with van der Waals surface area (Å²) < 4.78 is 0. The highest BCUT2D eigenvalue weighted by Gasteiger charge is 2.34. The highest BCUT2D eigenvalue weighted by molar-refractivity contribution is 5.62. The maximum atomic E-state index is 5.05. The highest BCUT2D eigenvalue weighted by Crippen LogP contribution is 2.41. The first-order chi connectivity index (χ1) is 21.8. The first-order valence-corrected chi connectivity index (χ1v) is 15.7. The third-order valence-corrected chi connectivity index (χ3v) is 8.88. The molecule has 0 spiro atoms. The van der Waals surface area contributed by atoms with E-state index in [2.05, 4.69) is 168 Å². The predicted octanol–water partition coefficient (Wildman–Crippen LogP) is 8.60. The molecule has 218 valence electrons. The van der Waals surface area contributed by atoms with E-state index in [0.29, 0.717) is 0 Å². The molecule has 4 atom stereocenters. The molecule has 4 unspecified atom stereocenters. The molecule has 2 heterocycles. The van der Waals surface area contributed by atoms with Crippen molar-refractivity contribution in [2.24, 2.45) is 9.98 Å². The fourth-order valence-electron chi connectivity index (χ4n) is 6.76. The molecule has 0 saturated heterocycles. The molecule has 5 aromatic carbocycles. The Hall–Kier alpha value is -4.96. The standard InChI is InChI=1S/C40H38N4/c1-5-14-31(15-6-1)24-25-37-39(35-20-9-3-10-21-35)43(29-41-37)27-32-16-13-17-33(26-32)28-44-30-42-38(34-18-7-2-8-19-34)40(44)36-22-11-4-12-23-36/h1-23,26,29-30,37-40H,24-25,27-28H2. The molecule has 0 aliphatic carbocycles. The van der Waals surface area contributed by atoms with Crippen LogP contribution in [0.4, 0.5) is 0 Å². The second kappa shape index (κ2) is 13.1. The SMILES string of the molecule is C1=NC(CCc2ccccc2)C(c2ccccc2)N1Cc1cccc(CN2C=NC(c3ccccc3)C2c2ccccc2)c1. The average Bonchev–Trinajstić information content (AvgIpc) is 3.69. The highest BCUT2D eigenvalue weighted by atomic mass is 15.3. The van der Waals surface area contributed by atoms with Gasteiger partial charge in [0.15, 0.2) is 0 Å². The Labute approximate surface area is 261 Å². The van der Waals surface area contributed by atoms with Crippen LogP contribution in [0.15, 0.2) is 156 Å². The summed E-state index contributed by atoms with van der Waals surface area (Å²) in [5.41, 5.74) is 7.81. The molecule has 44 heavy (non-hydrogen) atoms. The molecule has 5 aromatic rings. The average molecular weight is 575 g/mol.